The summed E-state index contributed by atoms with van der Waals surface area (Å²) < 4.78 is 34.1. The van der Waals surface area contributed by atoms with Crippen LogP contribution in [0.2, 0.25) is 0 Å². The smallest absolute Gasteiger partial charge is 0.306 e. The van der Waals surface area contributed by atoms with E-state index in [0.29, 0.717) is 24.1 Å². The molecule has 0 fully saturated rings. The zero-order chi connectivity index (χ0) is 33.5. The van der Waals surface area contributed by atoms with E-state index in [0.717, 1.165) is 70.6 Å². The Hall–Kier alpha value is -1.28. The Bertz CT molecular complexity index is 823. The lowest BCUT2D eigenvalue weighted by atomic mass is 10.1. The van der Waals surface area contributed by atoms with Crippen molar-refractivity contribution in [3.8, 4) is 0 Å². The van der Waals surface area contributed by atoms with Gasteiger partial charge >= 0.3 is 5.97 Å². The molecule has 0 radical (unpaired) electrons. The topological polar surface area (TPSA) is 94.1 Å². The second-order valence-corrected chi connectivity index (χ2v) is 14.3. The van der Waals surface area contributed by atoms with Crippen LogP contribution in [0.1, 0.15) is 129 Å². The lowest BCUT2D eigenvalue weighted by Crippen LogP contribution is -2.37. The number of carbonyl (C=O) groups is 1. The van der Waals surface area contributed by atoms with Crippen molar-refractivity contribution in [3.63, 3.8) is 0 Å². The summed E-state index contributed by atoms with van der Waals surface area (Å²) in [7, 11) is 1.34. The molecule has 8 nitrogen and oxygen atoms in total. The molecule has 0 bridgehead atoms. The molecule has 0 aromatic heterocycles. The highest BCUT2D eigenvalue weighted by Gasteiger charge is 2.20. The quantitative estimate of drug-likeness (QED) is 0.0235. The molecule has 0 aliphatic heterocycles. The summed E-state index contributed by atoms with van der Waals surface area (Å²) in [6, 6.07) is 0. The van der Waals surface area contributed by atoms with Crippen LogP contribution in [0.3, 0.4) is 0 Å². The van der Waals surface area contributed by atoms with Gasteiger partial charge < -0.3 is 27.9 Å². The SMILES string of the molecule is CC/C=C\C/C=C\C/C=C\CCCCCCCCCCOCC(COP(=O)([O-])OCC[N+](C)(C)C)OC(=O)CCCCCCC. The molecule has 9 heteroatoms. The second kappa shape index (κ2) is 30.1. The third-order valence-electron chi connectivity index (χ3n) is 7.21. The van der Waals surface area contributed by atoms with Gasteiger partial charge in [-0.05, 0) is 44.9 Å². The van der Waals surface area contributed by atoms with Gasteiger partial charge in [0.1, 0.15) is 19.3 Å². The summed E-state index contributed by atoms with van der Waals surface area (Å²) in [5.41, 5.74) is 0. The largest absolute Gasteiger partial charge is 0.756 e. The van der Waals surface area contributed by atoms with Crippen molar-refractivity contribution in [1.29, 1.82) is 0 Å². The second-order valence-electron chi connectivity index (χ2n) is 12.9. The molecule has 0 saturated heterocycles. The van der Waals surface area contributed by atoms with E-state index in [1.165, 1.54) is 38.5 Å². The van der Waals surface area contributed by atoms with Gasteiger partial charge in [0.05, 0.1) is 34.4 Å². The molecule has 2 atom stereocenters. The number of allylic oxidation sites excluding steroid dienone is 6. The van der Waals surface area contributed by atoms with Crippen LogP contribution in [0.15, 0.2) is 36.5 Å². The number of hydrogen-bond donors (Lipinski definition) is 0. The number of esters is 1. The third kappa shape index (κ3) is 33.9. The first-order chi connectivity index (χ1) is 21.6. The summed E-state index contributed by atoms with van der Waals surface area (Å²) in [6.45, 7) is 5.17. The number of phosphoric ester groups is 1. The van der Waals surface area contributed by atoms with Crippen molar-refractivity contribution in [2.24, 2.45) is 0 Å². The van der Waals surface area contributed by atoms with Crippen molar-refractivity contribution >= 4 is 13.8 Å². The molecular formula is C36H68NO7P. The average Bonchev–Trinajstić information content (AvgIpc) is 2.98. The highest BCUT2D eigenvalue weighted by molar-refractivity contribution is 7.45. The highest BCUT2D eigenvalue weighted by Crippen LogP contribution is 2.38. The van der Waals surface area contributed by atoms with E-state index in [2.05, 4.69) is 50.3 Å². The lowest BCUT2D eigenvalue weighted by molar-refractivity contribution is -0.870. The first kappa shape index (κ1) is 43.7. The van der Waals surface area contributed by atoms with Gasteiger partial charge in [-0.15, -0.1) is 0 Å². The van der Waals surface area contributed by atoms with Crippen LogP contribution in [0, 0.1) is 0 Å². The van der Waals surface area contributed by atoms with E-state index in [9.17, 15) is 14.3 Å². The number of hydrogen-bond acceptors (Lipinski definition) is 7. The normalized spacial score (nSPS) is 14.5. The van der Waals surface area contributed by atoms with Crippen LogP contribution in [0.25, 0.3) is 0 Å². The first-order valence-electron chi connectivity index (χ1n) is 17.7. The fourth-order valence-electron chi connectivity index (χ4n) is 4.44. The number of quaternary nitrogens is 1. The average molecular weight is 658 g/mol. The van der Waals surface area contributed by atoms with Gasteiger partial charge in [0.2, 0.25) is 0 Å². The van der Waals surface area contributed by atoms with E-state index in [-0.39, 0.29) is 25.8 Å². The Morgan fingerprint density at radius 3 is 1.93 bits per heavy atom. The molecule has 0 amide bonds. The Labute approximate surface area is 276 Å². The summed E-state index contributed by atoms with van der Waals surface area (Å²) in [6.07, 6.45) is 31.9. The van der Waals surface area contributed by atoms with E-state index < -0.39 is 13.9 Å². The van der Waals surface area contributed by atoms with Crippen molar-refractivity contribution in [2.45, 2.75) is 136 Å². The van der Waals surface area contributed by atoms with Crippen LogP contribution < -0.4 is 4.89 Å². The number of phosphoric acid groups is 1. The standard InChI is InChI=1S/C36H68NO7P/c1-6-8-10-12-13-14-15-16-17-18-19-20-21-22-23-24-26-28-31-41-33-35(44-36(38)29-27-25-11-9-7-2)34-43-45(39,40)42-32-30-37(3,4)5/h8,10,13-14,16-17,35H,6-7,9,11-12,15,18-34H2,1-5H3/b10-8-,14-13-,17-16-. The molecule has 264 valence electrons. The van der Waals surface area contributed by atoms with Crippen molar-refractivity contribution in [3.05, 3.63) is 36.5 Å². The fraction of sp³-hybridized carbons (Fsp3) is 0.806. The lowest BCUT2D eigenvalue weighted by Gasteiger charge is -2.28. The monoisotopic (exact) mass is 657 g/mol. The van der Waals surface area contributed by atoms with Crippen molar-refractivity contribution in [1.82, 2.24) is 0 Å². The van der Waals surface area contributed by atoms with Gasteiger partial charge in [-0.2, -0.15) is 0 Å². The van der Waals surface area contributed by atoms with Gasteiger partial charge in [-0.25, -0.2) is 0 Å². The van der Waals surface area contributed by atoms with Crippen LogP contribution in [-0.2, 0) is 27.9 Å². The maximum Gasteiger partial charge on any atom is 0.306 e. The number of carbonyl (C=O) groups excluding carboxylic acids is 1. The van der Waals surface area contributed by atoms with Crippen LogP contribution >= 0.6 is 7.82 Å². The summed E-state index contributed by atoms with van der Waals surface area (Å²) in [5, 5.41) is 0. The number of rotatable bonds is 32. The van der Waals surface area contributed by atoms with Gasteiger partial charge in [0.15, 0.2) is 0 Å². The Morgan fingerprint density at radius 1 is 0.711 bits per heavy atom. The number of unbranched alkanes of at least 4 members (excludes halogenated alkanes) is 12. The zero-order valence-corrected chi connectivity index (χ0v) is 30.5. The van der Waals surface area contributed by atoms with Crippen LogP contribution in [0.5, 0.6) is 0 Å². The summed E-state index contributed by atoms with van der Waals surface area (Å²) in [5.74, 6) is -0.352. The maximum absolute atomic E-state index is 12.4. The molecule has 0 aliphatic carbocycles. The molecule has 0 aromatic rings. The summed E-state index contributed by atoms with van der Waals surface area (Å²) >= 11 is 0. The first-order valence-corrected chi connectivity index (χ1v) is 19.2. The highest BCUT2D eigenvalue weighted by atomic mass is 31.2. The number of nitrogens with zero attached hydrogens (tertiary/aromatic N) is 1. The van der Waals surface area contributed by atoms with Gasteiger partial charge in [0.25, 0.3) is 7.82 Å². The molecule has 0 aromatic carbocycles. The Morgan fingerprint density at radius 2 is 1.29 bits per heavy atom. The van der Waals surface area contributed by atoms with Gasteiger partial charge in [0, 0.05) is 13.0 Å². The molecular weight excluding hydrogens is 589 g/mol. The molecule has 0 aliphatic rings. The summed E-state index contributed by atoms with van der Waals surface area (Å²) in [4.78, 5) is 24.6. The minimum atomic E-state index is -4.50. The molecule has 0 spiro atoms. The minimum absolute atomic E-state index is 0.0240. The van der Waals surface area contributed by atoms with Crippen molar-refractivity contribution in [2.75, 3.05) is 54.1 Å². The minimum Gasteiger partial charge on any atom is -0.756 e. The van der Waals surface area contributed by atoms with Gasteiger partial charge in [-0.1, -0.05) is 115 Å². The number of ether oxygens (including phenoxy) is 2. The Balaban J connectivity index is 4.14. The van der Waals surface area contributed by atoms with E-state index in [1.807, 2.05) is 21.1 Å². The predicted molar refractivity (Wildman–Crippen MR) is 185 cm³/mol. The van der Waals surface area contributed by atoms with E-state index in [1.54, 1.807) is 0 Å². The fourth-order valence-corrected chi connectivity index (χ4v) is 5.17. The maximum atomic E-state index is 12.4. The predicted octanol–water partition coefficient (Wildman–Crippen LogP) is 8.85. The molecule has 0 N–H and O–H groups in total. The zero-order valence-electron chi connectivity index (χ0n) is 29.6. The molecule has 0 saturated carbocycles. The molecule has 2 unspecified atom stereocenters. The Kier molecular flexibility index (Phi) is 29.2. The van der Waals surface area contributed by atoms with Crippen molar-refractivity contribution < 1.29 is 37.3 Å². The van der Waals surface area contributed by atoms with Crippen LogP contribution in [0.4, 0.5) is 0 Å². The van der Waals surface area contributed by atoms with E-state index >= 15 is 0 Å². The molecule has 0 rings (SSSR count). The van der Waals surface area contributed by atoms with Crippen LogP contribution in [-0.4, -0.2) is 70.7 Å². The van der Waals surface area contributed by atoms with Gasteiger partial charge in [-0.3, -0.25) is 9.36 Å². The third-order valence-corrected chi connectivity index (χ3v) is 8.17. The molecule has 0 heterocycles. The number of likely N-dealkylation sites (N-methyl/N-ethyl adjacent to an activating group) is 1. The van der Waals surface area contributed by atoms with E-state index in [4.69, 9.17) is 18.5 Å². The molecule has 45 heavy (non-hydrogen) atoms.